The van der Waals surface area contributed by atoms with E-state index in [0.717, 1.165) is 16.8 Å². The summed E-state index contributed by atoms with van der Waals surface area (Å²) in [6, 6.07) is 15.3. The van der Waals surface area contributed by atoms with Crippen LogP contribution in [-0.4, -0.2) is 23.8 Å². The van der Waals surface area contributed by atoms with Crippen LogP contribution in [0.4, 0.5) is 5.69 Å². The number of carbonyl (C=O) groups is 2. The lowest BCUT2D eigenvalue weighted by Gasteiger charge is -2.25. The number of carbonyl (C=O) groups excluding carboxylic acids is 2. The quantitative estimate of drug-likeness (QED) is 0.883. The first-order valence-electron chi connectivity index (χ1n) is 8.40. The highest BCUT2D eigenvalue weighted by Gasteiger charge is 2.26. The number of para-hydroxylation sites is 1. The summed E-state index contributed by atoms with van der Waals surface area (Å²) in [6.45, 7) is 0.537. The predicted octanol–water partition coefficient (Wildman–Crippen LogP) is 3.89. The average Bonchev–Trinajstić information content (AvgIpc) is 2.61. The van der Waals surface area contributed by atoms with E-state index in [-0.39, 0.29) is 17.7 Å². The number of amides is 2. The Balaban J connectivity index is 1.53. The van der Waals surface area contributed by atoms with Crippen molar-refractivity contribution in [2.24, 2.45) is 5.92 Å². The van der Waals surface area contributed by atoms with Gasteiger partial charge in [-0.1, -0.05) is 41.9 Å². The highest BCUT2D eigenvalue weighted by Crippen LogP contribution is 2.27. The highest BCUT2D eigenvalue weighted by molar-refractivity contribution is 6.30. The number of fused-ring (bicyclic) bond motifs is 1. The van der Waals surface area contributed by atoms with Gasteiger partial charge in [-0.3, -0.25) is 9.59 Å². The lowest BCUT2D eigenvalue weighted by molar-refractivity contribution is -0.131. The Kier molecular flexibility index (Phi) is 5.39. The van der Waals surface area contributed by atoms with Gasteiger partial charge in [-0.05, 0) is 42.2 Å². The van der Waals surface area contributed by atoms with Crippen molar-refractivity contribution in [3.05, 3.63) is 64.7 Å². The first-order chi connectivity index (χ1) is 12.0. The van der Waals surface area contributed by atoms with Crippen LogP contribution in [0.15, 0.2) is 48.5 Å². The van der Waals surface area contributed by atoms with Gasteiger partial charge in [0.2, 0.25) is 11.8 Å². The number of nitrogens with zero attached hydrogens (tertiary/aromatic N) is 1. The van der Waals surface area contributed by atoms with Gasteiger partial charge in [0.15, 0.2) is 0 Å². The maximum atomic E-state index is 12.4. The van der Waals surface area contributed by atoms with E-state index >= 15 is 0 Å². The molecule has 2 amide bonds. The molecule has 0 spiro atoms. The second kappa shape index (κ2) is 7.70. The molecule has 5 heteroatoms. The van der Waals surface area contributed by atoms with Crippen LogP contribution in [0.3, 0.4) is 0 Å². The van der Waals surface area contributed by atoms with Crippen LogP contribution < -0.4 is 5.32 Å². The fourth-order valence-electron chi connectivity index (χ4n) is 3.09. The summed E-state index contributed by atoms with van der Waals surface area (Å²) in [4.78, 5) is 26.3. The van der Waals surface area contributed by atoms with E-state index in [1.807, 2.05) is 48.5 Å². The smallest absolute Gasteiger partial charge is 0.227 e. The first kappa shape index (κ1) is 17.5. The summed E-state index contributed by atoms with van der Waals surface area (Å²) < 4.78 is 0. The van der Waals surface area contributed by atoms with E-state index in [1.54, 1.807) is 11.9 Å². The van der Waals surface area contributed by atoms with Crippen molar-refractivity contribution in [2.45, 2.75) is 25.8 Å². The fourth-order valence-corrected chi connectivity index (χ4v) is 3.21. The van der Waals surface area contributed by atoms with Gasteiger partial charge in [0.05, 0.1) is 0 Å². The van der Waals surface area contributed by atoms with E-state index in [0.29, 0.717) is 30.8 Å². The van der Waals surface area contributed by atoms with Gasteiger partial charge >= 0.3 is 0 Å². The summed E-state index contributed by atoms with van der Waals surface area (Å²) in [5.41, 5.74) is 3.05. The van der Waals surface area contributed by atoms with Gasteiger partial charge in [0.25, 0.3) is 0 Å². The molecule has 4 nitrogen and oxygen atoms in total. The van der Waals surface area contributed by atoms with Gasteiger partial charge in [0.1, 0.15) is 0 Å². The van der Waals surface area contributed by atoms with Crippen molar-refractivity contribution in [3.63, 3.8) is 0 Å². The molecule has 2 aromatic rings. The molecule has 0 radical (unpaired) electrons. The summed E-state index contributed by atoms with van der Waals surface area (Å²) in [7, 11) is 1.78. The summed E-state index contributed by atoms with van der Waals surface area (Å²) in [6.07, 6.45) is 1.62. The first-order valence-corrected chi connectivity index (χ1v) is 8.78. The zero-order valence-corrected chi connectivity index (χ0v) is 14.9. The molecule has 0 aromatic heterocycles. The van der Waals surface area contributed by atoms with Crippen LogP contribution in [0, 0.1) is 5.92 Å². The molecule has 0 saturated heterocycles. The third kappa shape index (κ3) is 4.40. The van der Waals surface area contributed by atoms with E-state index in [1.165, 1.54) is 0 Å². The third-order valence-corrected chi connectivity index (χ3v) is 4.83. The topological polar surface area (TPSA) is 49.4 Å². The number of hydrogen-bond donors (Lipinski definition) is 1. The SMILES string of the molecule is CN(Cc1ccc(Cl)cc1)C(=O)CCC1Cc2ccccc2NC1=O. The lowest BCUT2D eigenvalue weighted by atomic mass is 9.89. The minimum absolute atomic E-state index is 0.00635. The Hall–Kier alpha value is -2.33. The standard InChI is InChI=1S/C20H21ClN2O2/c1-23(13-14-6-9-17(21)10-7-14)19(24)11-8-16-12-15-4-2-3-5-18(15)22-20(16)25/h2-7,9-10,16H,8,11-13H2,1H3,(H,22,25). The highest BCUT2D eigenvalue weighted by atomic mass is 35.5. The molecule has 1 atom stereocenters. The van der Waals surface area contributed by atoms with Crippen LogP contribution in [0.25, 0.3) is 0 Å². The Labute approximate surface area is 152 Å². The molecule has 1 N–H and O–H groups in total. The van der Waals surface area contributed by atoms with Gasteiger partial charge < -0.3 is 10.2 Å². The Morgan fingerprint density at radius 2 is 1.92 bits per heavy atom. The van der Waals surface area contributed by atoms with Crippen molar-refractivity contribution >= 4 is 29.1 Å². The molecule has 0 fully saturated rings. The number of rotatable bonds is 5. The number of hydrogen-bond acceptors (Lipinski definition) is 2. The zero-order valence-electron chi connectivity index (χ0n) is 14.2. The third-order valence-electron chi connectivity index (χ3n) is 4.58. The zero-order chi connectivity index (χ0) is 17.8. The van der Waals surface area contributed by atoms with Crippen molar-refractivity contribution in [1.29, 1.82) is 0 Å². The Morgan fingerprint density at radius 3 is 2.68 bits per heavy atom. The Morgan fingerprint density at radius 1 is 1.20 bits per heavy atom. The second-order valence-electron chi connectivity index (χ2n) is 6.46. The number of nitrogens with one attached hydrogen (secondary N) is 1. The maximum absolute atomic E-state index is 12.4. The number of anilines is 1. The monoisotopic (exact) mass is 356 g/mol. The normalized spacial score (nSPS) is 16.1. The molecule has 2 aromatic carbocycles. The van der Waals surface area contributed by atoms with E-state index in [2.05, 4.69) is 5.32 Å². The van der Waals surface area contributed by atoms with Crippen molar-refractivity contribution in [2.75, 3.05) is 12.4 Å². The van der Waals surface area contributed by atoms with Crippen LogP contribution in [0.2, 0.25) is 5.02 Å². The van der Waals surface area contributed by atoms with E-state index in [4.69, 9.17) is 11.6 Å². The van der Waals surface area contributed by atoms with E-state index in [9.17, 15) is 9.59 Å². The van der Waals surface area contributed by atoms with Gasteiger partial charge in [-0.2, -0.15) is 0 Å². The Bertz CT molecular complexity index is 774. The van der Waals surface area contributed by atoms with Gasteiger partial charge in [-0.15, -0.1) is 0 Å². The molecule has 0 saturated carbocycles. The van der Waals surface area contributed by atoms with Crippen LogP contribution in [-0.2, 0) is 22.6 Å². The van der Waals surface area contributed by atoms with Crippen LogP contribution >= 0.6 is 11.6 Å². The lowest BCUT2D eigenvalue weighted by Crippen LogP contribution is -2.32. The molecule has 1 aliphatic rings. The predicted molar refractivity (Wildman–Crippen MR) is 99.4 cm³/mol. The largest absolute Gasteiger partial charge is 0.341 e. The maximum Gasteiger partial charge on any atom is 0.227 e. The molecule has 1 heterocycles. The minimum atomic E-state index is -0.150. The molecule has 0 bridgehead atoms. The molecule has 0 aliphatic carbocycles. The molecule has 1 unspecified atom stereocenters. The van der Waals surface area contributed by atoms with E-state index < -0.39 is 0 Å². The van der Waals surface area contributed by atoms with Crippen molar-refractivity contribution < 1.29 is 9.59 Å². The summed E-state index contributed by atoms with van der Waals surface area (Å²) in [5.74, 6) is -0.101. The minimum Gasteiger partial charge on any atom is -0.341 e. The molecule has 25 heavy (non-hydrogen) atoms. The van der Waals surface area contributed by atoms with Gasteiger partial charge in [-0.25, -0.2) is 0 Å². The van der Waals surface area contributed by atoms with Crippen molar-refractivity contribution in [1.82, 2.24) is 4.90 Å². The van der Waals surface area contributed by atoms with Crippen LogP contribution in [0.5, 0.6) is 0 Å². The molecular formula is C20H21ClN2O2. The second-order valence-corrected chi connectivity index (χ2v) is 6.90. The summed E-state index contributed by atoms with van der Waals surface area (Å²) in [5, 5.41) is 3.61. The molecule has 1 aliphatic heterocycles. The van der Waals surface area contributed by atoms with Crippen molar-refractivity contribution in [3.8, 4) is 0 Å². The summed E-state index contributed by atoms with van der Waals surface area (Å²) >= 11 is 5.88. The molecule has 3 rings (SSSR count). The average molecular weight is 357 g/mol. The van der Waals surface area contributed by atoms with Gasteiger partial charge in [0, 0.05) is 36.6 Å². The number of benzene rings is 2. The van der Waals surface area contributed by atoms with Crippen LogP contribution in [0.1, 0.15) is 24.0 Å². The molecular weight excluding hydrogens is 336 g/mol. The fraction of sp³-hybridized carbons (Fsp3) is 0.300. The number of halogens is 1. The molecule has 130 valence electrons.